The van der Waals surface area contributed by atoms with Crippen LogP contribution in [0.3, 0.4) is 0 Å². The number of benzene rings is 2. The number of nitrogens with zero attached hydrogens (tertiary/aromatic N) is 2. The summed E-state index contributed by atoms with van der Waals surface area (Å²) in [4.78, 5) is 24.1. The van der Waals surface area contributed by atoms with E-state index in [0.717, 1.165) is 17.1 Å². The Labute approximate surface area is 145 Å². The number of amides is 2. The van der Waals surface area contributed by atoms with Gasteiger partial charge in [0.25, 0.3) is 11.8 Å². The summed E-state index contributed by atoms with van der Waals surface area (Å²) in [6, 6.07) is 17.7. The summed E-state index contributed by atoms with van der Waals surface area (Å²) >= 11 is 0. The van der Waals surface area contributed by atoms with Gasteiger partial charge in [-0.2, -0.15) is 5.10 Å². The fourth-order valence-electron chi connectivity index (χ4n) is 2.49. The number of hydrogen-bond donors (Lipinski definition) is 2. The molecule has 3 aromatic rings. The van der Waals surface area contributed by atoms with Gasteiger partial charge in [-0.3, -0.25) is 20.4 Å². The van der Waals surface area contributed by atoms with Crippen LogP contribution in [0.5, 0.6) is 0 Å². The maximum absolute atomic E-state index is 12.2. The molecule has 0 saturated heterocycles. The van der Waals surface area contributed by atoms with E-state index in [1.807, 2.05) is 42.8 Å². The summed E-state index contributed by atoms with van der Waals surface area (Å²) in [7, 11) is 0. The molecule has 25 heavy (non-hydrogen) atoms. The predicted molar refractivity (Wildman–Crippen MR) is 94.4 cm³/mol. The van der Waals surface area contributed by atoms with Crippen LogP contribution in [0.25, 0.3) is 5.69 Å². The van der Waals surface area contributed by atoms with Crippen molar-refractivity contribution in [3.8, 4) is 5.69 Å². The Balaban J connectivity index is 1.65. The maximum Gasteiger partial charge on any atom is 0.269 e. The Morgan fingerprint density at radius 3 is 1.92 bits per heavy atom. The van der Waals surface area contributed by atoms with Crippen LogP contribution in [-0.4, -0.2) is 21.6 Å². The first kappa shape index (κ1) is 16.4. The highest BCUT2D eigenvalue weighted by molar-refractivity contribution is 5.99. The van der Waals surface area contributed by atoms with E-state index in [-0.39, 0.29) is 11.8 Å². The molecule has 2 N–H and O–H groups in total. The van der Waals surface area contributed by atoms with Crippen LogP contribution in [0.15, 0.2) is 60.7 Å². The molecule has 0 aliphatic heterocycles. The highest BCUT2D eigenvalue weighted by Gasteiger charge is 2.10. The third-order valence-corrected chi connectivity index (χ3v) is 3.71. The third-order valence-electron chi connectivity index (χ3n) is 3.71. The molecule has 0 unspecified atom stereocenters. The minimum Gasteiger partial charge on any atom is -0.267 e. The van der Waals surface area contributed by atoms with Crippen LogP contribution in [0, 0.1) is 13.8 Å². The van der Waals surface area contributed by atoms with E-state index >= 15 is 0 Å². The predicted octanol–water partition coefficient (Wildman–Crippen LogP) is 2.56. The van der Waals surface area contributed by atoms with Crippen molar-refractivity contribution in [2.75, 3.05) is 0 Å². The topological polar surface area (TPSA) is 76.0 Å². The summed E-state index contributed by atoms with van der Waals surface area (Å²) in [5, 5.41) is 4.41. The van der Waals surface area contributed by atoms with Crippen LogP contribution >= 0.6 is 0 Å². The first-order valence-electron chi connectivity index (χ1n) is 7.84. The van der Waals surface area contributed by atoms with Crippen molar-refractivity contribution < 1.29 is 9.59 Å². The largest absolute Gasteiger partial charge is 0.269 e. The van der Waals surface area contributed by atoms with Crippen LogP contribution in [-0.2, 0) is 0 Å². The molecule has 0 radical (unpaired) electrons. The first-order chi connectivity index (χ1) is 12.0. The SMILES string of the molecule is Cc1cc(C)n(-c2ccc(C(=O)NNC(=O)c3ccccc3)cc2)n1. The molecule has 6 nitrogen and oxygen atoms in total. The summed E-state index contributed by atoms with van der Waals surface area (Å²) < 4.78 is 1.81. The Morgan fingerprint density at radius 1 is 0.840 bits per heavy atom. The highest BCUT2D eigenvalue weighted by Crippen LogP contribution is 2.13. The Morgan fingerprint density at radius 2 is 1.40 bits per heavy atom. The normalized spacial score (nSPS) is 10.3. The van der Waals surface area contributed by atoms with Crippen molar-refractivity contribution in [3.63, 3.8) is 0 Å². The molecule has 0 aliphatic rings. The van der Waals surface area contributed by atoms with Gasteiger partial charge in [-0.25, -0.2) is 4.68 Å². The van der Waals surface area contributed by atoms with Gasteiger partial charge in [0.15, 0.2) is 0 Å². The number of rotatable bonds is 3. The second-order valence-corrected chi connectivity index (χ2v) is 5.66. The molecule has 0 bridgehead atoms. The van der Waals surface area contributed by atoms with Crippen molar-refractivity contribution in [2.45, 2.75) is 13.8 Å². The maximum atomic E-state index is 12.2. The van der Waals surface area contributed by atoms with Crippen molar-refractivity contribution in [1.82, 2.24) is 20.6 Å². The monoisotopic (exact) mass is 334 g/mol. The fourth-order valence-corrected chi connectivity index (χ4v) is 2.49. The fraction of sp³-hybridized carbons (Fsp3) is 0.105. The third kappa shape index (κ3) is 3.74. The molecule has 6 heteroatoms. The van der Waals surface area contributed by atoms with Crippen molar-refractivity contribution in [3.05, 3.63) is 83.2 Å². The molecule has 0 aliphatic carbocycles. The molecule has 1 heterocycles. The molecular formula is C19H18N4O2. The van der Waals surface area contributed by atoms with Gasteiger partial charge in [0.1, 0.15) is 0 Å². The lowest BCUT2D eigenvalue weighted by Gasteiger charge is -2.09. The lowest BCUT2D eigenvalue weighted by atomic mass is 10.2. The van der Waals surface area contributed by atoms with Gasteiger partial charge in [0, 0.05) is 16.8 Å². The molecular weight excluding hydrogens is 316 g/mol. The van der Waals surface area contributed by atoms with Crippen molar-refractivity contribution in [2.24, 2.45) is 0 Å². The second-order valence-electron chi connectivity index (χ2n) is 5.66. The molecule has 126 valence electrons. The zero-order valence-electron chi connectivity index (χ0n) is 14.0. The molecule has 1 aromatic heterocycles. The summed E-state index contributed by atoms with van der Waals surface area (Å²) in [6.07, 6.45) is 0. The van der Waals surface area contributed by atoms with Crippen LogP contribution < -0.4 is 10.9 Å². The Bertz CT molecular complexity index is 899. The van der Waals surface area contributed by atoms with Gasteiger partial charge < -0.3 is 0 Å². The standard InChI is InChI=1S/C19H18N4O2/c1-13-12-14(2)23(22-13)17-10-8-16(9-11-17)19(25)21-20-18(24)15-6-4-3-5-7-15/h3-12H,1-2H3,(H,20,24)(H,21,25). The van der Waals surface area contributed by atoms with E-state index in [2.05, 4.69) is 16.0 Å². The van der Waals surface area contributed by atoms with E-state index in [9.17, 15) is 9.59 Å². The minimum absolute atomic E-state index is 0.367. The van der Waals surface area contributed by atoms with E-state index in [0.29, 0.717) is 11.1 Å². The van der Waals surface area contributed by atoms with E-state index in [1.54, 1.807) is 36.4 Å². The summed E-state index contributed by atoms with van der Waals surface area (Å²) in [5.74, 6) is -0.752. The average Bonchev–Trinajstić information content (AvgIpc) is 2.98. The van der Waals surface area contributed by atoms with Gasteiger partial charge in [-0.15, -0.1) is 0 Å². The zero-order valence-corrected chi connectivity index (χ0v) is 14.0. The van der Waals surface area contributed by atoms with E-state index < -0.39 is 0 Å². The lowest BCUT2D eigenvalue weighted by Crippen LogP contribution is -2.41. The van der Waals surface area contributed by atoms with Gasteiger partial charge in [0.05, 0.1) is 11.4 Å². The molecule has 0 atom stereocenters. The number of nitrogens with one attached hydrogen (secondary N) is 2. The quantitative estimate of drug-likeness (QED) is 0.723. The second kappa shape index (κ2) is 7.00. The van der Waals surface area contributed by atoms with Gasteiger partial charge in [-0.1, -0.05) is 18.2 Å². The van der Waals surface area contributed by atoms with Gasteiger partial charge in [-0.05, 0) is 56.3 Å². The summed E-state index contributed by atoms with van der Waals surface area (Å²) in [6.45, 7) is 3.90. The number of carbonyl (C=O) groups is 2. The Hall–Kier alpha value is -3.41. The number of aromatic nitrogens is 2. The Kier molecular flexibility index (Phi) is 4.61. The number of hydrogen-bond acceptors (Lipinski definition) is 3. The lowest BCUT2D eigenvalue weighted by molar-refractivity contribution is 0.0846. The number of hydrazine groups is 1. The average molecular weight is 334 g/mol. The molecule has 0 spiro atoms. The van der Waals surface area contributed by atoms with Crippen LogP contribution in [0.2, 0.25) is 0 Å². The van der Waals surface area contributed by atoms with Gasteiger partial charge in [0.2, 0.25) is 0 Å². The van der Waals surface area contributed by atoms with Crippen molar-refractivity contribution in [1.29, 1.82) is 0 Å². The molecule has 3 rings (SSSR count). The summed E-state index contributed by atoms with van der Waals surface area (Å²) in [5.41, 5.74) is 8.55. The highest BCUT2D eigenvalue weighted by atomic mass is 16.2. The number of aryl methyl sites for hydroxylation is 2. The van der Waals surface area contributed by atoms with E-state index in [4.69, 9.17) is 0 Å². The smallest absolute Gasteiger partial charge is 0.267 e. The molecule has 2 aromatic carbocycles. The molecule has 2 amide bonds. The molecule has 0 saturated carbocycles. The molecule has 0 fully saturated rings. The van der Waals surface area contributed by atoms with Crippen LogP contribution in [0.1, 0.15) is 32.1 Å². The van der Waals surface area contributed by atoms with E-state index in [1.165, 1.54) is 0 Å². The first-order valence-corrected chi connectivity index (χ1v) is 7.84. The van der Waals surface area contributed by atoms with Gasteiger partial charge >= 0.3 is 0 Å². The van der Waals surface area contributed by atoms with Crippen LogP contribution in [0.4, 0.5) is 0 Å². The van der Waals surface area contributed by atoms with Crippen molar-refractivity contribution >= 4 is 11.8 Å². The minimum atomic E-state index is -0.385. The number of carbonyl (C=O) groups excluding carboxylic acids is 2. The zero-order chi connectivity index (χ0) is 17.8.